The number of benzene rings is 2. The summed E-state index contributed by atoms with van der Waals surface area (Å²) in [5, 5.41) is 10.9. The van der Waals surface area contributed by atoms with Crippen LogP contribution in [0.25, 0.3) is 0 Å². The maximum atomic E-state index is 14.7. The van der Waals surface area contributed by atoms with Crippen LogP contribution >= 0.6 is 0 Å². The molecule has 0 aliphatic carbocycles. The van der Waals surface area contributed by atoms with Crippen molar-refractivity contribution in [3.8, 4) is 0 Å². The molecule has 2 aliphatic rings. The molecule has 0 radical (unpaired) electrons. The molecule has 23 heteroatoms. The van der Waals surface area contributed by atoms with Gasteiger partial charge in [-0.15, -0.1) is 0 Å². The number of ether oxygens (including phenoxy) is 2. The number of primary amides is 1. The van der Waals surface area contributed by atoms with Gasteiger partial charge in [0.05, 0.1) is 42.8 Å². The van der Waals surface area contributed by atoms with E-state index in [9.17, 15) is 52.7 Å². The van der Waals surface area contributed by atoms with Gasteiger partial charge in [-0.2, -0.15) is 0 Å². The number of nitrogens with zero attached hydrogens (tertiary/aromatic N) is 5. The molecule has 2 fully saturated rings. The number of likely N-dealkylation sites (tertiary alicyclic amines) is 2. The number of hydrogen-bond acceptors (Lipinski definition) is 14. The number of piperidine rings is 1. The monoisotopic (exact) mass is 1350 g/mol. The van der Waals surface area contributed by atoms with Crippen molar-refractivity contribution in [3.05, 3.63) is 65.7 Å². The molecule has 542 valence electrons. The fourth-order valence-electron chi connectivity index (χ4n) is 14.3. The van der Waals surface area contributed by atoms with Gasteiger partial charge in [0.2, 0.25) is 41.4 Å². The Morgan fingerprint density at radius 3 is 1.88 bits per heavy atom. The predicted octanol–water partition coefficient (Wildman–Crippen LogP) is 7.46. The van der Waals surface area contributed by atoms with Crippen LogP contribution in [0.3, 0.4) is 0 Å². The Balaban J connectivity index is 1.45. The highest BCUT2D eigenvalue weighted by Gasteiger charge is 2.45. The average molecular weight is 1360 g/mol. The first-order valence-corrected chi connectivity index (χ1v) is 35.1. The van der Waals surface area contributed by atoms with Crippen molar-refractivity contribution < 1.29 is 62.2 Å². The number of carbonyl (C=O) groups excluding carboxylic acids is 11. The number of likely N-dealkylation sites (N-methyl/N-ethyl adjacent to an activating group) is 2. The molecular weight excluding hydrogens is 1240 g/mol. The quantitative estimate of drug-likeness (QED) is 0.0405. The topological polar surface area (TPSA) is 297 Å². The minimum atomic E-state index is -0.953. The van der Waals surface area contributed by atoms with Crippen LogP contribution in [0.4, 0.5) is 10.5 Å². The summed E-state index contributed by atoms with van der Waals surface area (Å²) in [7, 11) is 11.9. The second kappa shape index (κ2) is 39.5. The molecule has 0 unspecified atom stereocenters. The van der Waals surface area contributed by atoms with E-state index in [2.05, 4.69) is 21.3 Å². The lowest BCUT2D eigenvalue weighted by Gasteiger charge is -2.41. The van der Waals surface area contributed by atoms with Crippen LogP contribution in [0.2, 0.25) is 0 Å². The lowest BCUT2D eigenvalue weighted by molar-refractivity contribution is -0.149. The van der Waals surface area contributed by atoms with Gasteiger partial charge >= 0.3 is 6.03 Å². The summed E-state index contributed by atoms with van der Waals surface area (Å²) in [6.45, 7) is 20.8. The fourth-order valence-corrected chi connectivity index (χ4v) is 14.3. The Morgan fingerprint density at radius 1 is 0.701 bits per heavy atom. The molecule has 11 atom stereocenters. The van der Waals surface area contributed by atoms with Gasteiger partial charge in [0.15, 0.2) is 11.6 Å². The summed E-state index contributed by atoms with van der Waals surface area (Å²) in [4.78, 5) is 160. The van der Waals surface area contributed by atoms with Gasteiger partial charge in [-0.25, -0.2) is 4.79 Å². The highest BCUT2D eigenvalue weighted by atomic mass is 16.5. The van der Waals surface area contributed by atoms with E-state index >= 15 is 0 Å². The number of nitrogens with one attached hydrogen (secondary N) is 4. The molecule has 6 N–H and O–H groups in total. The molecule has 0 saturated carbocycles. The van der Waals surface area contributed by atoms with Crippen molar-refractivity contribution in [2.75, 3.05) is 81.0 Å². The summed E-state index contributed by atoms with van der Waals surface area (Å²) in [6.07, 6.45) is 1.90. The summed E-state index contributed by atoms with van der Waals surface area (Å²) < 4.78 is 12.3. The van der Waals surface area contributed by atoms with E-state index in [4.69, 9.17) is 15.2 Å². The zero-order valence-corrected chi connectivity index (χ0v) is 61.3. The molecule has 2 aromatic rings. The SMILES string of the molecule is CC[C@H](C)[C@@H]([C@@H](CC(=O)N1CCC[C@H]1[C@H](OC)[C@@H](C)C(=O)C[C@@H](Cc1ccccc1)C(=O)N(C)Cc1ccc(NC(=O)[C@H](CCCNC(N)=O)CC(=O)[C@@H](NC(=O)CCC(=O)N2CCC(C)(C(=O)NC)CC2)C(C)C)cc1)OC)N(C)C(=O)[C@@H](CC(=O)[C@H](C(C)C)N(C)C)C(C)C. The van der Waals surface area contributed by atoms with Crippen molar-refractivity contribution in [2.45, 2.75) is 202 Å². The Kier molecular flexibility index (Phi) is 33.5. The highest BCUT2D eigenvalue weighted by Crippen LogP contribution is 2.34. The van der Waals surface area contributed by atoms with Gasteiger partial charge in [-0.1, -0.05) is 118 Å². The number of nitrogens with two attached hydrogens (primary N) is 1. The van der Waals surface area contributed by atoms with Crippen LogP contribution in [0, 0.1) is 52.8 Å². The van der Waals surface area contributed by atoms with Crippen molar-refractivity contribution in [1.82, 2.24) is 40.4 Å². The minimum Gasteiger partial charge on any atom is -0.379 e. The number of carbonyl (C=O) groups is 11. The van der Waals surface area contributed by atoms with Gasteiger partial charge < -0.3 is 56.1 Å². The summed E-state index contributed by atoms with van der Waals surface area (Å²) in [5.41, 5.74) is 6.76. The second-order valence-corrected chi connectivity index (χ2v) is 28.8. The third-order valence-corrected chi connectivity index (χ3v) is 20.3. The van der Waals surface area contributed by atoms with Gasteiger partial charge in [0.25, 0.3) is 0 Å². The minimum absolute atomic E-state index is 0.0133. The molecule has 97 heavy (non-hydrogen) atoms. The van der Waals surface area contributed by atoms with Crippen molar-refractivity contribution in [2.24, 2.45) is 58.5 Å². The van der Waals surface area contributed by atoms with E-state index in [1.54, 1.807) is 100.0 Å². The first kappa shape index (κ1) is 82.3. The van der Waals surface area contributed by atoms with Crippen LogP contribution < -0.4 is 27.0 Å². The number of anilines is 1. The molecular formula is C74H118N10O13. The molecule has 9 amide bonds. The molecule has 4 rings (SSSR count). The van der Waals surface area contributed by atoms with Gasteiger partial charge in [0.1, 0.15) is 5.78 Å². The largest absolute Gasteiger partial charge is 0.379 e. The first-order valence-electron chi connectivity index (χ1n) is 35.1. The van der Waals surface area contributed by atoms with Gasteiger partial charge in [0, 0.05) is 135 Å². The zero-order valence-electron chi connectivity index (χ0n) is 61.3. The predicted molar refractivity (Wildman–Crippen MR) is 375 cm³/mol. The van der Waals surface area contributed by atoms with E-state index in [0.29, 0.717) is 63.8 Å². The molecule has 2 heterocycles. The van der Waals surface area contributed by atoms with Gasteiger partial charge in [-0.3, -0.25) is 52.8 Å². The third kappa shape index (κ3) is 24.1. The van der Waals surface area contributed by atoms with Crippen LogP contribution in [-0.4, -0.2) is 201 Å². The van der Waals surface area contributed by atoms with E-state index in [1.165, 1.54) is 0 Å². The number of Topliss-reactive ketones (excluding diaryl/α,β-unsaturated/α-hetero) is 3. The van der Waals surface area contributed by atoms with Crippen molar-refractivity contribution in [1.29, 1.82) is 0 Å². The Morgan fingerprint density at radius 2 is 1.33 bits per heavy atom. The highest BCUT2D eigenvalue weighted by molar-refractivity contribution is 5.98. The number of ketones is 3. The smallest absolute Gasteiger partial charge is 0.312 e. The molecule has 0 bridgehead atoms. The van der Waals surface area contributed by atoms with E-state index in [-0.39, 0.29) is 141 Å². The second-order valence-electron chi connectivity index (χ2n) is 28.8. The molecule has 0 spiro atoms. The summed E-state index contributed by atoms with van der Waals surface area (Å²) in [5.74, 6) is -5.80. The molecule has 2 saturated heterocycles. The number of urea groups is 1. The Bertz CT molecular complexity index is 2930. The molecule has 23 nitrogen and oxygen atoms in total. The molecule has 2 aromatic carbocycles. The maximum absolute atomic E-state index is 14.7. The summed E-state index contributed by atoms with van der Waals surface area (Å²) in [6, 6.07) is 13.5. The first-order chi connectivity index (χ1) is 45.7. The van der Waals surface area contributed by atoms with Crippen molar-refractivity contribution in [3.63, 3.8) is 0 Å². The third-order valence-electron chi connectivity index (χ3n) is 20.3. The summed E-state index contributed by atoms with van der Waals surface area (Å²) >= 11 is 0. The number of methoxy groups -OCH3 is 2. The standard InChI is InChI=1S/C74H118N10O13/c1-18-49(8)67(82(15)71(93)56(46(2)3)43-60(87)66(48(6)7)80(12)13)61(96-16)44-64(90)84-37-23-27-57(84)68(97-17)50(9)58(85)42-54(40-51-24-20-19-21-25-51)70(92)81(14)45-52-28-30-55(31-29-52)78-69(91)53(26-22-36-77-73(75)95)41-59(86)65(47(4)5)79-62(88)32-33-63(89)83-38-34-74(10,35-39-83)72(94)76-11/h19-21,24-25,28-31,46-50,53-54,56-57,61,65-68H,18,22-23,26-27,32-45H2,1-17H3,(H,76,94)(H,78,91)(H,79,88)(H3,75,77,95)/t49-,50-,53+,54+,56-,57-,61+,65-,66-,67-,68+/m0/s1. The van der Waals surface area contributed by atoms with Crippen molar-refractivity contribution >= 4 is 70.4 Å². The zero-order chi connectivity index (χ0) is 72.6. The number of hydrogen-bond donors (Lipinski definition) is 5. The Hall–Kier alpha value is -7.11. The average Bonchev–Trinajstić information content (AvgIpc) is 1.80. The van der Waals surface area contributed by atoms with Crippen LogP contribution in [0.15, 0.2) is 54.6 Å². The number of amides is 9. The molecule has 0 aromatic heterocycles. The number of rotatable bonds is 40. The normalized spacial score (nSPS) is 17.8. The van der Waals surface area contributed by atoms with Crippen LogP contribution in [0.5, 0.6) is 0 Å². The molecule has 2 aliphatic heterocycles. The van der Waals surface area contributed by atoms with E-state index in [0.717, 1.165) is 11.1 Å². The van der Waals surface area contributed by atoms with E-state index in [1.807, 2.05) is 97.8 Å². The maximum Gasteiger partial charge on any atom is 0.312 e. The fraction of sp³-hybridized carbons (Fsp3) is 0.689. The lowest BCUT2D eigenvalue weighted by Crippen LogP contribution is -2.54. The van der Waals surface area contributed by atoms with E-state index < -0.39 is 77.3 Å². The Labute approximate surface area is 577 Å². The lowest BCUT2D eigenvalue weighted by atomic mass is 9.79. The van der Waals surface area contributed by atoms with Gasteiger partial charge in [-0.05, 0) is 106 Å². The van der Waals surface area contributed by atoms with Crippen LogP contribution in [-0.2, 0) is 70.4 Å². The van der Waals surface area contributed by atoms with Crippen LogP contribution in [0.1, 0.15) is 164 Å².